The SMILES string of the molecule is CC[C@@H](Oc1ccccc1)c1nn2c(=O)c(C)nnc2s1. The molecule has 3 aromatic rings. The lowest BCUT2D eigenvalue weighted by molar-refractivity contribution is 0.199. The Bertz CT molecular complexity index is 813. The topological polar surface area (TPSA) is 69.4 Å². The molecule has 1 atom stereocenters. The summed E-state index contributed by atoms with van der Waals surface area (Å²) in [5.74, 6) is 0.776. The van der Waals surface area contributed by atoms with Crippen LogP contribution in [0.25, 0.3) is 4.96 Å². The molecule has 0 bridgehead atoms. The van der Waals surface area contributed by atoms with Gasteiger partial charge >= 0.3 is 0 Å². The van der Waals surface area contributed by atoms with Crippen LogP contribution in [-0.4, -0.2) is 19.8 Å². The van der Waals surface area contributed by atoms with Crippen molar-refractivity contribution in [3.8, 4) is 5.75 Å². The van der Waals surface area contributed by atoms with Crippen LogP contribution in [0.1, 0.15) is 30.2 Å². The Kier molecular flexibility index (Phi) is 3.66. The molecule has 2 heterocycles. The van der Waals surface area contributed by atoms with Crippen molar-refractivity contribution >= 4 is 16.3 Å². The minimum Gasteiger partial charge on any atom is -0.483 e. The Balaban J connectivity index is 1.98. The molecular formula is C14H14N4O2S. The third kappa shape index (κ3) is 2.64. The van der Waals surface area contributed by atoms with E-state index in [1.165, 1.54) is 15.9 Å². The van der Waals surface area contributed by atoms with Gasteiger partial charge in [0.15, 0.2) is 11.1 Å². The fraction of sp³-hybridized carbons (Fsp3) is 0.286. The molecule has 0 amide bonds. The molecule has 1 aromatic carbocycles. The summed E-state index contributed by atoms with van der Waals surface area (Å²) in [6.45, 7) is 3.64. The zero-order valence-electron chi connectivity index (χ0n) is 11.7. The van der Waals surface area contributed by atoms with Crippen LogP contribution in [0.4, 0.5) is 0 Å². The van der Waals surface area contributed by atoms with Crippen LogP contribution in [0.2, 0.25) is 0 Å². The second-order valence-corrected chi connectivity index (χ2v) is 5.54. The summed E-state index contributed by atoms with van der Waals surface area (Å²) < 4.78 is 7.22. The fourth-order valence-corrected chi connectivity index (χ4v) is 2.86. The first-order valence-electron chi connectivity index (χ1n) is 6.63. The second kappa shape index (κ2) is 5.61. The third-order valence-electron chi connectivity index (χ3n) is 3.03. The lowest BCUT2D eigenvalue weighted by Crippen LogP contribution is -2.19. The van der Waals surface area contributed by atoms with E-state index in [4.69, 9.17) is 4.74 Å². The number of hydrogen-bond donors (Lipinski definition) is 0. The minimum absolute atomic E-state index is 0.209. The Morgan fingerprint density at radius 2 is 2.05 bits per heavy atom. The van der Waals surface area contributed by atoms with E-state index in [1.807, 2.05) is 37.3 Å². The molecule has 0 aliphatic carbocycles. The normalized spacial score (nSPS) is 12.5. The molecule has 0 aliphatic heterocycles. The highest BCUT2D eigenvalue weighted by Gasteiger charge is 2.18. The number of aromatic nitrogens is 4. The molecule has 3 rings (SSSR count). The van der Waals surface area contributed by atoms with Crippen LogP contribution in [0, 0.1) is 6.92 Å². The van der Waals surface area contributed by atoms with Gasteiger partial charge in [0, 0.05) is 0 Å². The van der Waals surface area contributed by atoms with E-state index in [-0.39, 0.29) is 11.7 Å². The zero-order valence-corrected chi connectivity index (χ0v) is 12.5. The molecule has 0 radical (unpaired) electrons. The average molecular weight is 302 g/mol. The standard InChI is InChI=1S/C14H14N4O2S/c1-3-11(20-10-7-5-4-6-8-10)12-17-18-13(19)9(2)15-16-14(18)21-12/h4-8,11H,3H2,1-2H3/t11-/m1/s1. The zero-order chi connectivity index (χ0) is 14.8. The van der Waals surface area contributed by atoms with Gasteiger partial charge in [-0.05, 0) is 25.5 Å². The average Bonchev–Trinajstić information content (AvgIpc) is 2.94. The molecule has 0 spiro atoms. The van der Waals surface area contributed by atoms with Gasteiger partial charge in [-0.1, -0.05) is 36.5 Å². The molecular weight excluding hydrogens is 288 g/mol. The number of hydrogen-bond acceptors (Lipinski definition) is 6. The molecule has 21 heavy (non-hydrogen) atoms. The maximum atomic E-state index is 12.0. The highest BCUT2D eigenvalue weighted by atomic mass is 32.1. The second-order valence-electron chi connectivity index (χ2n) is 4.55. The largest absolute Gasteiger partial charge is 0.483 e. The lowest BCUT2D eigenvalue weighted by Gasteiger charge is -2.14. The van der Waals surface area contributed by atoms with Gasteiger partial charge in [0.05, 0.1) is 0 Å². The van der Waals surface area contributed by atoms with Gasteiger partial charge in [0.25, 0.3) is 5.56 Å². The highest BCUT2D eigenvalue weighted by molar-refractivity contribution is 7.16. The van der Waals surface area contributed by atoms with Crippen molar-refractivity contribution in [1.82, 2.24) is 19.8 Å². The van der Waals surface area contributed by atoms with Crippen LogP contribution in [-0.2, 0) is 0 Å². The smallest absolute Gasteiger partial charge is 0.296 e. The number of rotatable bonds is 4. The van der Waals surface area contributed by atoms with Crippen molar-refractivity contribution in [3.05, 3.63) is 51.4 Å². The van der Waals surface area contributed by atoms with Gasteiger partial charge in [-0.15, -0.1) is 10.2 Å². The fourth-order valence-electron chi connectivity index (χ4n) is 1.91. The summed E-state index contributed by atoms with van der Waals surface area (Å²) in [7, 11) is 0. The lowest BCUT2D eigenvalue weighted by atomic mass is 10.3. The van der Waals surface area contributed by atoms with Crippen LogP contribution < -0.4 is 10.3 Å². The van der Waals surface area contributed by atoms with Gasteiger partial charge in [0.1, 0.15) is 11.4 Å². The Hall–Kier alpha value is -2.28. The molecule has 0 aliphatic rings. The minimum atomic E-state index is -0.239. The van der Waals surface area contributed by atoms with Gasteiger partial charge in [-0.25, -0.2) is 0 Å². The van der Waals surface area contributed by atoms with Crippen molar-refractivity contribution in [2.24, 2.45) is 0 Å². The molecule has 0 unspecified atom stereocenters. The molecule has 6 nitrogen and oxygen atoms in total. The summed E-state index contributed by atoms with van der Waals surface area (Å²) in [4.78, 5) is 12.5. The number of benzene rings is 1. The molecule has 108 valence electrons. The molecule has 0 N–H and O–H groups in total. The number of aryl methyl sites for hydroxylation is 1. The number of nitrogens with zero attached hydrogens (tertiary/aromatic N) is 4. The van der Waals surface area contributed by atoms with Gasteiger partial charge in [-0.3, -0.25) is 4.79 Å². The predicted molar refractivity (Wildman–Crippen MR) is 79.8 cm³/mol. The summed E-state index contributed by atoms with van der Waals surface area (Å²) in [6, 6.07) is 9.56. The van der Waals surface area contributed by atoms with Gasteiger partial charge in [-0.2, -0.15) is 9.61 Å². The van der Waals surface area contributed by atoms with E-state index < -0.39 is 0 Å². The maximum Gasteiger partial charge on any atom is 0.296 e. The van der Waals surface area contributed by atoms with Crippen molar-refractivity contribution < 1.29 is 4.74 Å². The Morgan fingerprint density at radius 1 is 1.29 bits per heavy atom. The van der Waals surface area contributed by atoms with Gasteiger partial charge < -0.3 is 4.74 Å². The van der Waals surface area contributed by atoms with Crippen LogP contribution in [0.15, 0.2) is 35.1 Å². The van der Waals surface area contributed by atoms with Crippen molar-refractivity contribution in [2.45, 2.75) is 26.4 Å². The van der Waals surface area contributed by atoms with Gasteiger partial charge in [0.2, 0.25) is 4.96 Å². The quantitative estimate of drug-likeness (QED) is 0.740. The third-order valence-corrected chi connectivity index (χ3v) is 4.02. The molecule has 0 saturated carbocycles. The first kappa shape index (κ1) is 13.7. The van der Waals surface area contributed by atoms with E-state index in [2.05, 4.69) is 15.3 Å². The Morgan fingerprint density at radius 3 is 2.76 bits per heavy atom. The number of fused-ring (bicyclic) bond motifs is 1. The van der Waals surface area contributed by atoms with E-state index in [0.717, 1.165) is 17.2 Å². The van der Waals surface area contributed by atoms with E-state index in [9.17, 15) is 4.79 Å². The summed E-state index contributed by atoms with van der Waals surface area (Å²) in [6.07, 6.45) is 0.536. The molecule has 2 aromatic heterocycles. The summed E-state index contributed by atoms with van der Waals surface area (Å²) >= 11 is 1.33. The first-order valence-corrected chi connectivity index (χ1v) is 7.45. The van der Waals surface area contributed by atoms with Crippen molar-refractivity contribution in [3.63, 3.8) is 0 Å². The predicted octanol–water partition coefficient (Wildman–Crippen LogP) is 2.38. The van der Waals surface area contributed by atoms with Crippen molar-refractivity contribution in [2.75, 3.05) is 0 Å². The number of para-hydroxylation sites is 1. The molecule has 0 saturated heterocycles. The van der Waals surface area contributed by atoms with E-state index in [1.54, 1.807) is 6.92 Å². The van der Waals surface area contributed by atoms with Crippen LogP contribution >= 0.6 is 11.3 Å². The first-order chi connectivity index (χ1) is 10.2. The monoisotopic (exact) mass is 302 g/mol. The summed E-state index contributed by atoms with van der Waals surface area (Å²) in [5.41, 5.74) is 0.0958. The van der Waals surface area contributed by atoms with Crippen molar-refractivity contribution in [1.29, 1.82) is 0 Å². The van der Waals surface area contributed by atoms with E-state index in [0.29, 0.717) is 10.7 Å². The number of ether oxygens (including phenoxy) is 1. The molecule has 7 heteroatoms. The highest BCUT2D eigenvalue weighted by Crippen LogP contribution is 2.27. The van der Waals surface area contributed by atoms with Crippen LogP contribution in [0.3, 0.4) is 0 Å². The Labute approximate surface area is 125 Å². The summed E-state index contributed by atoms with van der Waals surface area (Å²) in [5, 5.41) is 12.9. The van der Waals surface area contributed by atoms with Crippen LogP contribution in [0.5, 0.6) is 5.75 Å². The maximum absolute atomic E-state index is 12.0. The van der Waals surface area contributed by atoms with E-state index >= 15 is 0 Å². The molecule has 0 fully saturated rings.